The van der Waals surface area contributed by atoms with Crippen molar-refractivity contribution in [1.82, 2.24) is 14.4 Å². The monoisotopic (exact) mass is 183 g/mol. The van der Waals surface area contributed by atoms with Crippen LogP contribution in [-0.4, -0.2) is 14.4 Å². The molecule has 0 aliphatic heterocycles. The molecule has 2 aromatic rings. The van der Waals surface area contributed by atoms with Gasteiger partial charge in [0.15, 0.2) is 5.65 Å². The molecule has 0 fully saturated rings. The van der Waals surface area contributed by atoms with Gasteiger partial charge in [0.1, 0.15) is 5.03 Å². The average molecular weight is 183 g/mol. The van der Waals surface area contributed by atoms with Gasteiger partial charge >= 0.3 is 0 Å². The van der Waals surface area contributed by atoms with Gasteiger partial charge in [-0.05, 0) is 10.8 Å². The zero-order valence-electron chi connectivity index (χ0n) is 5.51. The third-order valence-corrected chi connectivity index (χ3v) is 2.43. The molecular weight excluding hydrogens is 178 g/mol. The molecule has 0 N–H and O–H groups in total. The van der Waals surface area contributed by atoms with Gasteiger partial charge in [-0.2, -0.15) is 0 Å². The predicted octanol–water partition coefficient (Wildman–Crippen LogP) is 1.67. The number of rotatable bonds is 1. The van der Waals surface area contributed by atoms with Gasteiger partial charge in [0.05, 0.1) is 12.4 Å². The molecule has 0 unspecified atom stereocenters. The molecule has 0 saturated carbocycles. The van der Waals surface area contributed by atoms with E-state index < -0.39 is 0 Å². The highest BCUT2D eigenvalue weighted by Gasteiger charge is 1.99. The summed E-state index contributed by atoms with van der Waals surface area (Å²) in [5, 5.41) is 1.01. The summed E-state index contributed by atoms with van der Waals surface area (Å²) in [5.41, 5.74) is 0.851. The third-order valence-electron chi connectivity index (χ3n) is 1.38. The minimum absolute atomic E-state index is 0.851. The Morgan fingerprint density at radius 1 is 1.45 bits per heavy atom. The normalized spacial score (nSPS) is 10.6. The summed E-state index contributed by atoms with van der Waals surface area (Å²) in [7, 11) is 1.37. The van der Waals surface area contributed by atoms with Gasteiger partial charge in [-0.3, -0.25) is 9.38 Å². The van der Waals surface area contributed by atoms with Crippen LogP contribution in [-0.2, 0) is 0 Å². The van der Waals surface area contributed by atoms with Crippen LogP contribution in [0.3, 0.4) is 0 Å². The summed E-state index contributed by atoms with van der Waals surface area (Å²) in [5.74, 6) is 0. The van der Waals surface area contributed by atoms with Crippen molar-refractivity contribution in [3.05, 3.63) is 24.8 Å². The molecule has 3 nitrogen and oxygen atoms in total. The summed E-state index contributed by atoms with van der Waals surface area (Å²) in [6.07, 6.45) is 7.07. The number of thiol groups is 1. The summed E-state index contributed by atoms with van der Waals surface area (Å²) in [6.45, 7) is 0. The Kier molecular flexibility index (Phi) is 1.75. The highest BCUT2D eigenvalue weighted by atomic mass is 33.1. The summed E-state index contributed by atoms with van der Waals surface area (Å²) < 4.78 is 1.94. The second-order valence-corrected chi connectivity index (χ2v) is 3.14. The van der Waals surface area contributed by atoms with Crippen molar-refractivity contribution in [2.75, 3.05) is 0 Å². The highest BCUT2D eigenvalue weighted by molar-refractivity contribution is 8.68. The molecule has 0 atom stereocenters. The smallest absolute Gasteiger partial charge is 0.156 e. The third kappa shape index (κ3) is 1.10. The SMILES string of the molecule is SSc1cnc2cnccn12. The van der Waals surface area contributed by atoms with E-state index in [1.165, 1.54) is 10.8 Å². The minimum Gasteiger partial charge on any atom is -0.291 e. The summed E-state index contributed by atoms with van der Waals surface area (Å²) >= 11 is 4.09. The molecule has 11 heavy (non-hydrogen) atoms. The van der Waals surface area contributed by atoms with Gasteiger partial charge in [0.2, 0.25) is 0 Å². The molecule has 2 heterocycles. The highest BCUT2D eigenvalue weighted by Crippen LogP contribution is 2.21. The Morgan fingerprint density at radius 2 is 2.36 bits per heavy atom. The molecule has 0 saturated heterocycles. The van der Waals surface area contributed by atoms with E-state index in [1.807, 2.05) is 10.6 Å². The molecule has 0 amide bonds. The number of fused-ring (bicyclic) bond motifs is 1. The van der Waals surface area contributed by atoms with Crippen LogP contribution in [0.4, 0.5) is 0 Å². The first-order valence-corrected chi connectivity index (χ1v) is 4.87. The molecule has 0 aliphatic carbocycles. The van der Waals surface area contributed by atoms with Gasteiger partial charge in [-0.1, -0.05) is 0 Å². The average Bonchev–Trinajstić information content (AvgIpc) is 2.47. The Hall–Kier alpha value is -0.680. The largest absolute Gasteiger partial charge is 0.291 e. The van der Waals surface area contributed by atoms with Crippen molar-refractivity contribution in [1.29, 1.82) is 0 Å². The first-order chi connectivity index (χ1) is 5.42. The van der Waals surface area contributed by atoms with Crippen molar-refractivity contribution in [3.8, 4) is 0 Å². The minimum atomic E-state index is 0.851. The van der Waals surface area contributed by atoms with Crippen molar-refractivity contribution >= 4 is 28.1 Å². The van der Waals surface area contributed by atoms with Gasteiger partial charge in [-0.25, -0.2) is 4.98 Å². The van der Waals surface area contributed by atoms with Crippen molar-refractivity contribution in [2.45, 2.75) is 5.03 Å². The number of nitrogens with zero attached hydrogens (tertiary/aromatic N) is 3. The molecule has 0 bridgehead atoms. The lowest BCUT2D eigenvalue weighted by Gasteiger charge is -1.93. The fourth-order valence-corrected chi connectivity index (χ4v) is 1.63. The first kappa shape index (κ1) is 7.00. The van der Waals surface area contributed by atoms with E-state index in [9.17, 15) is 0 Å². The molecule has 0 aliphatic rings. The van der Waals surface area contributed by atoms with Crippen LogP contribution in [0, 0.1) is 0 Å². The van der Waals surface area contributed by atoms with Crippen LogP contribution < -0.4 is 0 Å². The Bertz CT molecular complexity index is 371. The van der Waals surface area contributed by atoms with E-state index in [0.717, 1.165) is 10.7 Å². The second-order valence-electron chi connectivity index (χ2n) is 1.99. The van der Waals surface area contributed by atoms with E-state index >= 15 is 0 Å². The van der Waals surface area contributed by atoms with Crippen LogP contribution in [0.1, 0.15) is 0 Å². The molecule has 0 spiro atoms. The van der Waals surface area contributed by atoms with E-state index in [0.29, 0.717) is 0 Å². The zero-order valence-corrected chi connectivity index (χ0v) is 7.22. The van der Waals surface area contributed by atoms with Crippen LogP contribution in [0.5, 0.6) is 0 Å². The predicted molar refractivity (Wildman–Crippen MR) is 47.8 cm³/mol. The number of hydrogen-bond acceptors (Lipinski definition) is 4. The maximum atomic E-state index is 4.12. The Labute approximate surface area is 72.7 Å². The van der Waals surface area contributed by atoms with E-state index in [-0.39, 0.29) is 0 Å². The maximum Gasteiger partial charge on any atom is 0.156 e. The van der Waals surface area contributed by atoms with Crippen LogP contribution in [0.15, 0.2) is 29.8 Å². The molecular formula is C6H5N3S2. The van der Waals surface area contributed by atoms with Gasteiger partial charge in [0.25, 0.3) is 0 Å². The van der Waals surface area contributed by atoms with Gasteiger partial charge < -0.3 is 0 Å². The molecule has 0 aromatic carbocycles. The van der Waals surface area contributed by atoms with Crippen molar-refractivity contribution < 1.29 is 0 Å². The standard InChI is InChI=1S/C6H5N3S2/c10-11-6-4-8-5-3-7-1-2-9(5)6/h1-4,10H. The lowest BCUT2D eigenvalue weighted by Crippen LogP contribution is -1.84. The summed E-state index contributed by atoms with van der Waals surface area (Å²) in [6, 6.07) is 0. The molecule has 5 heteroatoms. The zero-order chi connectivity index (χ0) is 7.68. The molecule has 2 aromatic heterocycles. The second kappa shape index (κ2) is 2.75. The maximum absolute atomic E-state index is 4.12. The van der Waals surface area contributed by atoms with Crippen LogP contribution in [0.25, 0.3) is 5.65 Å². The molecule has 0 radical (unpaired) electrons. The fourth-order valence-electron chi connectivity index (χ4n) is 0.886. The Balaban J connectivity index is 2.76. The Morgan fingerprint density at radius 3 is 3.18 bits per heavy atom. The quantitative estimate of drug-likeness (QED) is 0.539. The van der Waals surface area contributed by atoms with Crippen molar-refractivity contribution in [3.63, 3.8) is 0 Å². The molecule has 2 rings (SSSR count). The molecule has 56 valence electrons. The fraction of sp³-hybridized carbons (Fsp3) is 0. The van der Waals surface area contributed by atoms with E-state index in [1.54, 1.807) is 18.6 Å². The summed E-state index contributed by atoms with van der Waals surface area (Å²) in [4.78, 5) is 8.06. The lowest BCUT2D eigenvalue weighted by molar-refractivity contribution is 1.03. The van der Waals surface area contributed by atoms with Crippen LogP contribution in [0.2, 0.25) is 0 Å². The van der Waals surface area contributed by atoms with E-state index in [2.05, 4.69) is 21.6 Å². The topological polar surface area (TPSA) is 30.2 Å². The number of aromatic nitrogens is 3. The van der Waals surface area contributed by atoms with Crippen LogP contribution >= 0.6 is 22.5 Å². The first-order valence-electron chi connectivity index (χ1n) is 3.00. The van der Waals surface area contributed by atoms with Gasteiger partial charge in [-0.15, -0.1) is 11.7 Å². The lowest BCUT2D eigenvalue weighted by atomic mass is 10.7. The number of imidazole rings is 1. The van der Waals surface area contributed by atoms with Crippen molar-refractivity contribution in [2.24, 2.45) is 0 Å². The number of hydrogen-bond donors (Lipinski definition) is 1. The van der Waals surface area contributed by atoms with Gasteiger partial charge in [0, 0.05) is 12.4 Å². The van der Waals surface area contributed by atoms with E-state index in [4.69, 9.17) is 0 Å².